The molecule has 0 aliphatic carbocycles. The molecule has 1 aliphatic rings. The van der Waals surface area contributed by atoms with Crippen LogP contribution in [0.3, 0.4) is 0 Å². The predicted molar refractivity (Wildman–Crippen MR) is 143 cm³/mol. The SMILES string of the molecule is COc1ccc(N(C[C@@H](O)CN2CCN(Cc3ccccc3)CC2)S(=O)(=O)c2ccc(C)cc2)cc1. The van der Waals surface area contributed by atoms with E-state index in [2.05, 4.69) is 34.1 Å². The van der Waals surface area contributed by atoms with E-state index in [1.165, 1.54) is 9.87 Å². The predicted octanol–water partition coefficient (Wildman–Crippen LogP) is 3.38. The maximum absolute atomic E-state index is 13.6. The molecule has 1 aliphatic heterocycles. The average molecular weight is 510 g/mol. The van der Waals surface area contributed by atoms with Gasteiger partial charge in [-0.1, -0.05) is 48.0 Å². The molecule has 1 saturated heterocycles. The first-order chi connectivity index (χ1) is 17.3. The summed E-state index contributed by atoms with van der Waals surface area (Å²) < 4.78 is 33.7. The highest BCUT2D eigenvalue weighted by Crippen LogP contribution is 2.26. The van der Waals surface area contributed by atoms with Gasteiger partial charge in [-0.25, -0.2) is 8.42 Å². The van der Waals surface area contributed by atoms with Gasteiger partial charge in [-0.15, -0.1) is 0 Å². The molecule has 1 fully saturated rings. The van der Waals surface area contributed by atoms with Crippen molar-refractivity contribution < 1.29 is 18.3 Å². The van der Waals surface area contributed by atoms with Gasteiger partial charge in [0.25, 0.3) is 10.0 Å². The zero-order chi connectivity index (χ0) is 25.5. The van der Waals surface area contributed by atoms with E-state index in [-0.39, 0.29) is 11.4 Å². The minimum atomic E-state index is -3.86. The number of hydrogen-bond donors (Lipinski definition) is 1. The van der Waals surface area contributed by atoms with Crippen LogP contribution in [0.25, 0.3) is 0 Å². The van der Waals surface area contributed by atoms with Crippen LogP contribution in [0.2, 0.25) is 0 Å². The first-order valence-electron chi connectivity index (χ1n) is 12.3. The normalized spacial score (nSPS) is 16.0. The van der Waals surface area contributed by atoms with Crippen molar-refractivity contribution in [2.24, 2.45) is 0 Å². The molecule has 0 unspecified atom stereocenters. The average Bonchev–Trinajstić information content (AvgIpc) is 2.89. The molecule has 36 heavy (non-hydrogen) atoms. The lowest BCUT2D eigenvalue weighted by Crippen LogP contribution is -2.50. The number of ether oxygens (including phenoxy) is 1. The first kappa shape index (κ1) is 26.2. The molecular formula is C28H35N3O4S. The largest absolute Gasteiger partial charge is 0.497 e. The second-order valence-corrected chi connectivity index (χ2v) is 11.1. The Hall–Kier alpha value is -2.91. The molecule has 0 radical (unpaired) electrons. The molecule has 0 bridgehead atoms. The minimum absolute atomic E-state index is 0.0350. The van der Waals surface area contributed by atoms with Crippen LogP contribution in [-0.2, 0) is 16.6 Å². The fourth-order valence-electron chi connectivity index (χ4n) is 4.45. The maximum atomic E-state index is 13.6. The molecule has 8 heteroatoms. The number of methoxy groups -OCH3 is 1. The summed E-state index contributed by atoms with van der Waals surface area (Å²) in [7, 11) is -2.30. The second-order valence-electron chi connectivity index (χ2n) is 9.26. The van der Waals surface area contributed by atoms with Crippen molar-refractivity contribution in [3.8, 4) is 5.75 Å². The number of β-amino-alcohol motifs (C(OH)–C–C–N with tert-alkyl or cyclic N) is 1. The number of anilines is 1. The molecule has 1 N–H and O–H groups in total. The molecule has 3 aromatic carbocycles. The molecule has 0 aromatic heterocycles. The van der Waals surface area contributed by atoms with Crippen LogP contribution in [-0.4, -0.2) is 75.8 Å². The molecule has 3 aromatic rings. The second kappa shape index (κ2) is 11.9. The first-order valence-corrected chi connectivity index (χ1v) is 13.7. The van der Waals surface area contributed by atoms with Crippen LogP contribution in [0.1, 0.15) is 11.1 Å². The van der Waals surface area contributed by atoms with Gasteiger partial charge in [0.2, 0.25) is 0 Å². The molecule has 4 rings (SSSR count). The number of sulfonamides is 1. The third kappa shape index (κ3) is 6.64. The van der Waals surface area contributed by atoms with Crippen molar-refractivity contribution >= 4 is 15.7 Å². The quantitative estimate of drug-likeness (QED) is 0.452. The monoisotopic (exact) mass is 509 g/mol. The fourth-order valence-corrected chi connectivity index (χ4v) is 5.95. The number of aryl methyl sites for hydroxylation is 1. The molecule has 0 amide bonds. The van der Waals surface area contributed by atoms with Crippen molar-refractivity contribution in [1.29, 1.82) is 0 Å². The van der Waals surface area contributed by atoms with Crippen LogP contribution in [0, 0.1) is 6.92 Å². The number of rotatable bonds is 10. The third-order valence-electron chi connectivity index (χ3n) is 6.53. The van der Waals surface area contributed by atoms with E-state index >= 15 is 0 Å². The zero-order valence-corrected chi connectivity index (χ0v) is 21.8. The standard InChI is InChI=1S/C28H35N3O4S/c1-23-8-14-28(15-9-23)36(33,34)31(25-10-12-27(35-2)13-11-25)22-26(32)21-30-18-16-29(17-19-30)20-24-6-4-3-5-7-24/h3-15,26,32H,16-22H2,1-2H3/t26-/m0/s1. The van der Waals surface area contributed by atoms with Gasteiger partial charge < -0.3 is 9.84 Å². The molecule has 1 atom stereocenters. The number of benzene rings is 3. The Morgan fingerprint density at radius 3 is 2.11 bits per heavy atom. The highest BCUT2D eigenvalue weighted by Gasteiger charge is 2.28. The van der Waals surface area contributed by atoms with Crippen molar-refractivity contribution in [3.63, 3.8) is 0 Å². The summed E-state index contributed by atoms with van der Waals surface area (Å²) in [6, 6.07) is 24.1. The number of hydrogen-bond acceptors (Lipinski definition) is 6. The lowest BCUT2D eigenvalue weighted by atomic mass is 10.2. The summed E-state index contributed by atoms with van der Waals surface area (Å²) in [4.78, 5) is 4.81. The van der Waals surface area contributed by atoms with Gasteiger partial charge in [-0.3, -0.25) is 14.1 Å². The Morgan fingerprint density at radius 1 is 0.889 bits per heavy atom. The van der Waals surface area contributed by atoms with Gasteiger partial charge >= 0.3 is 0 Å². The highest BCUT2D eigenvalue weighted by atomic mass is 32.2. The molecule has 0 saturated carbocycles. The summed E-state index contributed by atoms with van der Waals surface area (Å²) >= 11 is 0. The molecule has 192 valence electrons. The summed E-state index contributed by atoms with van der Waals surface area (Å²) in [6.45, 7) is 6.69. The third-order valence-corrected chi connectivity index (χ3v) is 8.34. The molecule has 7 nitrogen and oxygen atoms in total. The van der Waals surface area contributed by atoms with Gasteiger partial charge in [0.15, 0.2) is 0 Å². The molecule has 1 heterocycles. The van der Waals surface area contributed by atoms with E-state index in [0.717, 1.165) is 38.3 Å². The van der Waals surface area contributed by atoms with Gasteiger partial charge in [0.1, 0.15) is 5.75 Å². The van der Waals surface area contributed by atoms with Crippen LogP contribution >= 0.6 is 0 Å². The van der Waals surface area contributed by atoms with E-state index in [9.17, 15) is 13.5 Å². The van der Waals surface area contributed by atoms with Crippen LogP contribution in [0.5, 0.6) is 5.75 Å². The summed E-state index contributed by atoms with van der Waals surface area (Å²) in [5, 5.41) is 11.0. The van der Waals surface area contributed by atoms with E-state index in [1.807, 2.05) is 13.0 Å². The Bertz CT molecular complexity index is 1190. The lowest BCUT2D eigenvalue weighted by molar-refractivity contribution is 0.0743. The van der Waals surface area contributed by atoms with E-state index in [4.69, 9.17) is 4.74 Å². The minimum Gasteiger partial charge on any atom is -0.497 e. The van der Waals surface area contributed by atoms with Crippen molar-refractivity contribution in [3.05, 3.63) is 90.0 Å². The maximum Gasteiger partial charge on any atom is 0.264 e. The van der Waals surface area contributed by atoms with E-state index < -0.39 is 16.1 Å². The smallest absolute Gasteiger partial charge is 0.264 e. The Morgan fingerprint density at radius 2 is 1.50 bits per heavy atom. The van der Waals surface area contributed by atoms with Gasteiger partial charge in [-0.05, 0) is 48.9 Å². The summed E-state index contributed by atoms with van der Waals surface area (Å²) in [5.74, 6) is 0.639. The van der Waals surface area contributed by atoms with E-state index in [0.29, 0.717) is 18.0 Å². The van der Waals surface area contributed by atoms with Gasteiger partial charge in [0, 0.05) is 39.3 Å². The number of aliphatic hydroxyl groups is 1. The van der Waals surface area contributed by atoms with Gasteiger partial charge in [0.05, 0.1) is 30.3 Å². The van der Waals surface area contributed by atoms with Crippen LogP contribution in [0.15, 0.2) is 83.8 Å². The number of piperazine rings is 1. The lowest BCUT2D eigenvalue weighted by Gasteiger charge is -2.36. The number of nitrogens with zero attached hydrogens (tertiary/aromatic N) is 3. The summed E-state index contributed by atoms with van der Waals surface area (Å²) in [6.07, 6.45) is -0.840. The van der Waals surface area contributed by atoms with E-state index in [1.54, 1.807) is 55.6 Å². The van der Waals surface area contributed by atoms with Crippen molar-refractivity contribution in [2.45, 2.75) is 24.5 Å². The Balaban J connectivity index is 1.43. The highest BCUT2D eigenvalue weighted by molar-refractivity contribution is 7.92. The fraction of sp³-hybridized carbons (Fsp3) is 0.357. The molecular weight excluding hydrogens is 474 g/mol. The van der Waals surface area contributed by atoms with Crippen molar-refractivity contribution in [2.75, 3.05) is 50.7 Å². The Kier molecular flexibility index (Phi) is 8.64. The Labute approximate surface area is 214 Å². The molecule has 0 spiro atoms. The topological polar surface area (TPSA) is 73.3 Å². The van der Waals surface area contributed by atoms with Gasteiger partial charge in [-0.2, -0.15) is 0 Å². The van der Waals surface area contributed by atoms with Crippen LogP contribution < -0.4 is 9.04 Å². The van der Waals surface area contributed by atoms with Crippen LogP contribution in [0.4, 0.5) is 5.69 Å². The number of aliphatic hydroxyl groups excluding tert-OH is 1. The van der Waals surface area contributed by atoms with Crippen molar-refractivity contribution in [1.82, 2.24) is 9.80 Å². The summed E-state index contributed by atoms with van der Waals surface area (Å²) in [5.41, 5.74) is 2.77. The zero-order valence-electron chi connectivity index (χ0n) is 21.0.